The Morgan fingerprint density at radius 2 is 1.90 bits per heavy atom. The number of rotatable bonds is 8. The maximum atomic E-state index is 12.1. The Labute approximate surface area is 187 Å². The lowest BCUT2D eigenvalue weighted by molar-refractivity contribution is -0.122. The molecule has 156 valence electrons. The van der Waals surface area contributed by atoms with Gasteiger partial charge in [0.15, 0.2) is 5.82 Å². The van der Waals surface area contributed by atoms with E-state index in [-0.39, 0.29) is 24.1 Å². The van der Waals surface area contributed by atoms with Crippen molar-refractivity contribution in [2.24, 2.45) is 0 Å². The first-order chi connectivity index (χ1) is 14.4. The predicted octanol–water partition coefficient (Wildman–Crippen LogP) is 3.95. The van der Waals surface area contributed by atoms with E-state index in [2.05, 4.69) is 60.8 Å². The van der Waals surface area contributed by atoms with Gasteiger partial charge in [-0.15, -0.1) is 5.10 Å². The van der Waals surface area contributed by atoms with Gasteiger partial charge in [0.2, 0.25) is 17.0 Å². The molecule has 3 aromatic rings. The van der Waals surface area contributed by atoms with Crippen LogP contribution in [-0.4, -0.2) is 39.3 Å². The van der Waals surface area contributed by atoms with E-state index in [9.17, 15) is 9.59 Å². The van der Waals surface area contributed by atoms with Gasteiger partial charge in [0, 0.05) is 15.7 Å². The number of carbonyl (C=O) groups excluding carboxylic acids is 2. The van der Waals surface area contributed by atoms with Crippen molar-refractivity contribution in [2.75, 3.05) is 17.6 Å². The number of halogens is 1. The van der Waals surface area contributed by atoms with Crippen molar-refractivity contribution in [2.45, 2.75) is 25.4 Å². The highest BCUT2D eigenvalue weighted by Crippen LogP contribution is 2.21. The molecule has 0 saturated heterocycles. The van der Waals surface area contributed by atoms with Gasteiger partial charge >= 0.3 is 0 Å². The number of aromatic nitrogens is 3. The van der Waals surface area contributed by atoms with Gasteiger partial charge in [-0.1, -0.05) is 58.9 Å². The minimum atomic E-state index is -0.283. The Bertz CT molecular complexity index is 1040. The first-order valence-electron chi connectivity index (χ1n) is 9.42. The smallest absolute Gasteiger partial charge is 0.243 e. The molecule has 0 aliphatic rings. The van der Waals surface area contributed by atoms with Crippen LogP contribution in [0.25, 0.3) is 11.4 Å². The SMILES string of the molecule is CCc1ccc(-c2nc(SCC(=O)NCC(=O)Nc3ccc(Br)cc3C)n[nH]2)cc1. The number of nitrogens with zero attached hydrogens (tertiary/aromatic N) is 2. The van der Waals surface area contributed by atoms with E-state index in [1.807, 2.05) is 37.3 Å². The molecule has 30 heavy (non-hydrogen) atoms. The lowest BCUT2D eigenvalue weighted by Crippen LogP contribution is -2.34. The number of nitrogens with one attached hydrogen (secondary N) is 3. The number of H-pyrrole nitrogens is 1. The van der Waals surface area contributed by atoms with Crippen LogP contribution in [0, 0.1) is 6.92 Å². The van der Waals surface area contributed by atoms with Gasteiger partial charge in [0.25, 0.3) is 0 Å². The predicted molar refractivity (Wildman–Crippen MR) is 122 cm³/mol. The van der Waals surface area contributed by atoms with E-state index in [0.717, 1.165) is 22.0 Å². The van der Waals surface area contributed by atoms with Gasteiger partial charge in [-0.25, -0.2) is 4.98 Å². The van der Waals surface area contributed by atoms with E-state index in [1.165, 1.54) is 17.3 Å². The second-order valence-corrected chi connectivity index (χ2v) is 8.45. The summed E-state index contributed by atoms with van der Waals surface area (Å²) in [6.45, 7) is 3.91. The minimum absolute atomic E-state index is 0.0993. The standard InChI is InChI=1S/C21H22BrN5O2S/c1-3-14-4-6-15(7-5-14)20-25-21(27-26-20)30-12-19(29)23-11-18(28)24-17-9-8-16(22)10-13(17)2/h4-10H,3,11-12H2,1-2H3,(H,23,29)(H,24,28)(H,25,26,27). The Kier molecular flexibility index (Phi) is 7.64. The van der Waals surface area contributed by atoms with Gasteiger partial charge < -0.3 is 10.6 Å². The van der Waals surface area contributed by atoms with Gasteiger partial charge in [0.05, 0.1) is 12.3 Å². The van der Waals surface area contributed by atoms with Crippen LogP contribution in [0.1, 0.15) is 18.1 Å². The highest BCUT2D eigenvalue weighted by Gasteiger charge is 2.11. The first-order valence-corrected chi connectivity index (χ1v) is 11.2. The quantitative estimate of drug-likeness (QED) is 0.417. The maximum Gasteiger partial charge on any atom is 0.243 e. The number of amides is 2. The van der Waals surface area contributed by atoms with Crippen molar-refractivity contribution in [3.8, 4) is 11.4 Å². The summed E-state index contributed by atoms with van der Waals surface area (Å²) in [7, 11) is 0. The molecule has 2 amide bonds. The van der Waals surface area contributed by atoms with E-state index < -0.39 is 0 Å². The summed E-state index contributed by atoms with van der Waals surface area (Å²) in [5.74, 6) is 0.233. The lowest BCUT2D eigenvalue weighted by atomic mass is 10.1. The number of carbonyl (C=O) groups is 2. The molecule has 0 unspecified atom stereocenters. The number of thioether (sulfide) groups is 1. The number of aromatic amines is 1. The van der Waals surface area contributed by atoms with Crippen molar-refractivity contribution in [1.29, 1.82) is 0 Å². The monoisotopic (exact) mass is 487 g/mol. The summed E-state index contributed by atoms with van der Waals surface area (Å²) in [4.78, 5) is 28.5. The largest absolute Gasteiger partial charge is 0.346 e. The highest BCUT2D eigenvalue weighted by atomic mass is 79.9. The molecule has 3 rings (SSSR count). The summed E-state index contributed by atoms with van der Waals surface area (Å²) in [5.41, 5.74) is 3.84. The third-order valence-electron chi connectivity index (χ3n) is 4.34. The zero-order valence-electron chi connectivity index (χ0n) is 16.7. The Hall–Kier alpha value is -2.65. The first kappa shape index (κ1) is 22.0. The van der Waals surface area contributed by atoms with E-state index >= 15 is 0 Å². The molecule has 0 aliphatic carbocycles. The van der Waals surface area contributed by atoms with E-state index in [1.54, 1.807) is 0 Å². The molecule has 7 nitrogen and oxygen atoms in total. The van der Waals surface area contributed by atoms with Crippen LogP contribution >= 0.6 is 27.7 Å². The molecule has 0 atom stereocenters. The highest BCUT2D eigenvalue weighted by molar-refractivity contribution is 9.10. The maximum absolute atomic E-state index is 12.1. The normalized spacial score (nSPS) is 10.6. The van der Waals surface area contributed by atoms with Crippen LogP contribution in [0.5, 0.6) is 0 Å². The van der Waals surface area contributed by atoms with Crippen LogP contribution in [0.4, 0.5) is 5.69 Å². The van der Waals surface area contributed by atoms with Crippen molar-refractivity contribution in [1.82, 2.24) is 20.5 Å². The summed E-state index contributed by atoms with van der Waals surface area (Å²) < 4.78 is 0.941. The molecule has 3 N–H and O–H groups in total. The van der Waals surface area contributed by atoms with Gasteiger partial charge in [0.1, 0.15) is 0 Å². The van der Waals surface area contributed by atoms with Gasteiger partial charge in [-0.2, -0.15) is 0 Å². The summed E-state index contributed by atoms with van der Waals surface area (Å²) in [5, 5.41) is 12.9. The number of benzene rings is 2. The topological polar surface area (TPSA) is 99.8 Å². The second kappa shape index (κ2) is 10.4. The summed E-state index contributed by atoms with van der Waals surface area (Å²) >= 11 is 4.59. The van der Waals surface area contributed by atoms with Crippen molar-refractivity contribution >= 4 is 45.2 Å². The third kappa shape index (κ3) is 6.17. The van der Waals surface area contributed by atoms with E-state index in [4.69, 9.17) is 0 Å². The Morgan fingerprint density at radius 3 is 2.60 bits per heavy atom. The fourth-order valence-corrected chi connectivity index (χ4v) is 3.76. The molecule has 0 saturated carbocycles. The number of hydrogen-bond donors (Lipinski definition) is 3. The van der Waals surface area contributed by atoms with Gasteiger partial charge in [-0.3, -0.25) is 14.7 Å². The van der Waals surface area contributed by atoms with Crippen LogP contribution in [0.15, 0.2) is 52.1 Å². The van der Waals surface area contributed by atoms with Crippen LogP contribution in [0.2, 0.25) is 0 Å². The summed E-state index contributed by atoms with van der Waals surface area (Å²) in [6.07, 6.45) is 0.980. The minimum Gasteiger partial charge on any atom is -0.346 e. The molecular weight excluding hydrogens is 466 g/mol. The number of anilines is 1. The lowest BCUT2D eigenvalue weighted by Gasteiger charge is -2.09. The van der Waals surface area contributed by atoms with Gasteiger partial charge in [-0.05, 0) is 42.7 Å². The zero-order chi connectivity index (χ0) is 21.5. The average Bonchev–Trinajstić information content (AvgIpc) is 3.22. The third-order valence-corrected chi connectivity index (χ3v) is 5.68. The molecular formula is C21H22BrN5O2S. The number of hydrogen-bond acceptors (Lipinski definition) is 5. The molecule has 9 heteroatoms. The number of aryl methyl sites for hydroxylation is 2. The fourth-order valence-electron chi connectivity index (χ4n) is 2.66. The van der Waals surface area contributed by atoms with Crippen LogP contribution in [-0.2, 0) is 16.0 Å². The van der Waals surface area contributed by atoms with Crippen molar-refractivity contribution in [3.05, 3.63) is 58.1 Å². The molecule has 1 aromatic heterocycles. The molecule has 1 heterocycles. The average molecular weight is 488 g/mol. The Balaban J connectivity index is 1.44. The summed E-state index contributed by atoms with van der Waals surface area (Å²) in [6, 6.07) is 13.7. The van der Waals surface area contributed by atoms with E-state index in [0.29, 0.717) is 16.7 Å². The molecule has 0 fully saturated rings. The molecule has 0 spiro atoms. The van der Waals surface area contributed by atoms with Crippen LogP contribution < -0.4 is 10.6 Å². The second-order valence-electron chi connectivity index (χ2n) is 6.59. The molecule has 0 aliphatic heterocycles. The fraction of sp³-hybridized carbons (Fsp3) is 0.238. The molecule has 0 radical (unpaired) electrons. The van der Waals surface area contributed by atoms with Crippen molar-refractivity contribution in [3.63, 3.8) is 0 Å². The molecule has 2 aromatic carbocycles. The Morgan fingerprint density at radius 1 is 1.13 bits per heavy atom. The van der Waals surface area contributed by atoms with Crippen LogP contribution in [0.3, 0.4) is 0 Å². The molecule has 0 bridgehead atoms. The zero-order valence-corrected chi connectivity index (χ0v) is 19.1. The van der Waals surface area contributed by atoms with Crippen molar-refractivity contribution < 1.29 is 9.59 Å².